The van der Waals surface area contributed by atoms with Crippen molar-refractivity contribution in [3.63, 3.8) is 0 Å². The molecule has 1 unspecified atom stereocenters. The number of nitrogens with one attached hydrogen (secondary N) is 1. The Morgan fingerprint density at radius 3 is 3.06 bits per heavy atom. The molecule has 1 atom stereocenters. The van der Waals surface area contributed by atoms with Gasteiger partial charge in [0.05, 0.1) is 6.61 Å². The fourth-order valence-corrected chi connectivity index (χ4v) is 1.93. The average Bonchev–Trinajstić information content (AvgIpc) is 2.86. The van der Waals surface area contributed by atoms with Crippen LogP contribution in [-0.2, 0) is 9.63 Å². The zero-order valence-corrected chi connectivity index (χ0v) is 9.80. The third kappa shape index (κ3) is 2.71. The minimum absolute atomic E-state index is 0.128. The summed E-state index contributed by atoms with van der Waals surface area (Å²) in [5, 5.41) is 0. The van der Waals surface area contributed by atoms with Gasteiger partial charge in [0, 0.05) is 18.9 Å². The van der Waals surface area contributed by atoms with Crippen LogP contribution in [0.4, 0.5) is 5.95 Å². The normalized spacial score (nSPS) is 19.4. The van der Waals surface area contributed by atoms with E-state index in [4.69, 9.17) is 4.84 Å². The second-order valence-electron chi connectivity index (χ2n) is 3.80. The minimum atomic E-state index is -0.232. The summed E-state index contributed by atoms with van der Waals surface area (Å²) >= 11 is 0. The van der Waals surface area contributed by atoms with Crippen molar-refractivity contribution in [3.05, 3.63) is 18.5 Å². The molecule has 2 rings (SSSR count). The van der Waals surface area contributed by atoms with E-state index in [1.165, 1.54) is 0 Å². The van der Waals surface area contributed by atoms with Gasteiger partial charge >= 0.3 is 0 Å². The van der Waals surface area contributed by atoms with Crippen molar-refractivity contribution in [3.8, 4) is 0 Å². The summed E-state index contributed by atoms with van der Waals surface area (Å²) in [6.45, 7) is 3.08. The quantitative estimate of drug-likeness (QED) is 0.772. The Balaban J connectivity index is 2.05. The Kier molecular flexibility index (Phi) is 3.87. The van der Waals surface area contributed by atoms with Crippen molar-refractivity contribution in [2.45, 2.75) is 25.8 Å². The highest BCUT2D eigenvalue weighted by Crippen LogP contribution is 2.21. The Labute approximate surface area is 100.0 Å². The predicted octanol–water partition coefficient (Wildman–Crippen LogP) is 0.513. The van der Waals surface area contributed by atoms with Crippen molar-refractivity contribution in [1.29, 1.82) is 0 Å². The molecule has 1 aromatic heterocycles. The topological polar surface area (TPSA) is 67.3 Å². The molecule has 1 aliphatic rings. The number of anilines is 1. The van der Waals surface area contributed by atoms with E-state index in [2.05, 4.69) is 15.4 Å². The van der Waals surface area contributed by atoms with E-state index in [0.29, 0.717) is 12.6 Å². The second kappa shape index (κ2) is 5.58. The van der Waals surface area contributed by atoms with E-state index in [9.17, 15) is 4.79 Å². The molecule has 0 aliphatic carbocycles. The number of carbonyl (C=O) groups excluding carboxylic acids is 1. The molecule has 0 saturated carbocycles. The zero-order valence-electron chi connectivity index (χ0n) is 9.80. The molecule has 1 aliphatic heterocycles. The van der Waals surface area contributed by atoms with Gasteiger partial charge in [-0.3, -0.25) is 9.63 Å². The molecule has 1 aromatic rings. The van der Waals surface area contributed by atoms with Crippen LogP contribution < -0.4 is 10.4 Å². The lowest BCUT2D eigenvalue weighted by molar-refractivity contribution is -0.134. The summed E-state index contributed by atoms with van der Waals surface area (Å²) < 4.78 is 0. The third-order valence-corrected chi connectivity index (χ3v) is 2.68. The van der Waals surface area contributed by atoms with Gasteiger partial charge in [-0.05, 0) is 25.8 Å². The van der Waals surface area contributed by atoms with Crippen molar-refractivity contribution < 1.29 is 9.63 Å². The molecule has 92 valence electrons. The maximum atomic E-state index is 11.9. The minimum Gasteiger partial charge on any atom is -0.329 e. The summed E-state index contributed by atoms with van der Waals surface area (Å²) in [5.74, 6) is 0.471. The maximum Gasteiger partial charge on any atom is 0.266 e. The number of hydrogen-bond acceptors (Lipinski definition) is 5. The first-order chi connectivity index (χ1) is 8.33. The summed E-state index contributed by atoms with van der Waals surface area (Å²) in [6, 6.07) is 1.53. The molecule has 0 aromatic carbocycles. The number of nitrogens with zero attached hydrogens (tertiary/aromatic N) is 3. The van der Waals surface area contributed by atoms with E-state index in [0.717, 1.165) is 19.4 Å². The van der Waals surface area contributed by atoms with Gasteiger partial charge in [-0.2, -0.15) is 0 Å². The number of carbonyl (C=O) groups is 1. The van der Waals surface area contributed by atoms with Crippen LogP contribution in [0.3, 0.4) is 0 Å². The van der Waals surface area contributed by atoms with E-state index >= 15 is 0 Å². The molecule has 0 spiro atoms. The Morgan fingerprint density at radius 1 is 1.59 bits per heavy atom. The second-order valence-corrected chi connectivity index (χ2v) is 3.80. The molecular weight excluding hydrogens is 220 g/mol. The summed E-state index contributed by atoms with van der Waals surface area (Å²) in [4.78, 5) is 27.0. The van der Waals surface area contributed by atoms with E-state index in [-0.39, 0.29) is 11.9 Å². The fourth-order valence-electron chi connectivity index (χ4n) is 1.93. The van der Waals surface area contributed by atoms with Crippen LogP contribution in [0, 0.1) is 0 Å². The van der Waals surface area contributed by atoms with Gasteiger partial charge in [0.2, 0.25) is 5.95 Å². The number of hydroxylamine groups is 1. The first-order valence-corrected chi connectivity index (χ1v) is 5.78. The van der Waals surface area contributed by atoms with Crippen LogP contribution in [0.5, 0.6) is 0 Å². The molecule has 17 heavy (non-hydrogen) atoms. The number of rotatable bonds is 4. The Bertz CT molecular complexity index is 371. The van der Waals surface area contributed by atoms with Crippen molar-refractivity contribution in [1.82, 2.24) is 15.4 Å². The van der Waals surface area contributed by atoms with Gasteiger partial charge in [0.15, 0.2) is 0 Å². The summed E-state index contributed by atoms with van der Waals surface area (Å²) in [6.07, 6.45) is 5.12. The lowest BCUT2D eigenvalue weighted by Gasteiger charge is -2.23. The van der Waals surface area contributed by atoms with Gasteiger partial charge < -0.3 is 4.90 Å². The lowest BCUT2D eigenvalue weighted by Crippen LogP contribution is -2.44. The third-order valence-electron chi connectivity index (χ3n) is 2.68. The average molecular weight is 236 g/mol. The van der Waals surface area contributed by atoms with Crippen molar-refractivity contribution in [2.24, 2.45) is 0 Å². The van der Waals surface area contributed by atoms with E-state index < -0.39 is 0 Å². The standard InChI is InChI=1S/C11H16N4O2/c1-2-17-14-10(16)9-5-3-8-15(9)11-12-6-4-7-13-11/h4,6-7,9H,2-3,5,8H2,1H3,(H,14,16). The number of hydrogen-bond donors (Lipinski definition) is 1. The van der Waals surface area contributed by atoms with Crippen LogP contribution in [0.15, 0.2) is 18.5 Å². The molecule has 6 heteroatoms. The van der Waals surface area contributed by atoms with Gasteiger partial charge in [-0.25, -0.2) is 15.4 Å². The molecule has 0 radical (unpaired) electrons. The highest BCUT2D eigenvalue weighted by atomic mass is 16.6. The highest BCUT2D eigenvalue weighted by molar-refractivity contribution is 5.84. The van der Waals surface area contributed by atoms with Crippen LogP contribution in [-0.4, -0.2) is 35.1 Å². The van der Waals surface area contributed by atoms with E-state index in [1.54, 1.807) is 18.5 Å². The lowest BCUT2D eigenvalue weighted by atomic mass is 10.2. The first-order valence-electron chi connectivity index (χ1n) is 5.78. The fraction of sp³-hybridized carbons (Fsp3) is 0.545. The maximum absolute atomic E-state index is 11.9. The molecule has 1 amide bonds. The molecule has 1 saturated heterocycles. The molecule has 1 N–H and O–H groups in total. The smallest absolute Gasteiger partial charge is 0.266 e. The molecule has 1 fully saturated rings. The first kappa shape index (κ1) is 11.8. The molecular formula is C11H16N4O2. The van der Waals surface area contributed by atoms with Gasteiger partial charge in [0.25, 0.3) is 5.91 Å². The van der Waals surface area contributed by atoms with Gasteiger partial charge in [0.1, 0.15) is 6.04 Å². The molecule has 2 heterocycles. The monoisotopic (exact) mass is 236 g/mol. The number of aromatic nitrogens is 2. The van der Waals surface area contributed by atoms with Crippen LogP contribution in [0.1, 0.15) is 19.8 Å². The Morgan fingerprint density at radius 2 is 2.35 bits per heavy atom. The SMILES string of the molecule is CCONC(=O)C1CCCN1c1ncccn1. The summed E-state index contributed by atoms with van der Waals surface area (Å²) in [5.41, 5.74) is 2.44. The van der Waals surface area contributed by atoms with Crippen molar-refractivity contribution >= 4 is 11.9 Å². The van der Waals surface area contributed by atoms with Gasteiger partial charge in [-0.1, -0.05) is 0 Å². The zero-order chi connectivity index (χ0) is 12.1. The Hall–Kier alpha value is -1.69. The summed E-state index contributed by atoms with van der Waals surface area (Å²) in [7, 11) is 0. The predicted molar refractivity (Wildman–Crippen MR) is 62.2 cm³/mol. The van der Waals surface area contributed by atoms with E-state index in [1.807, 2.05) is 11.8 Å². The molecule has 0 bridgehead atoms. The number of amides is 1. The van der Waals surface area contributed by atoms with Crippen LogP contribution >= 0.6 is 0 Å². The molecule has 6 nitrogen and oxygen atoms in total. The van der Waals surface area contributed by atoms with Crippen LogP contribution in [0.25, 0.3) is 0 Å². The van der Waals surface area contributed by atoms with Crippen LogP contribution in [0.2, 0.25) is 0 Å². The largest absolute Gasteiger partial charge is 0.329 e. The van der Waals surface area contributed by atoms with Gasteiger partial charge in [-0.15, -0.1) is 0 Å². The highest BCUT2D eigenvalue weighted by Gasteiger charge is 2.32. The van der Waals surface area contributed by atoms with Crippen molar-refractivity contribution in [2.75, 3.05) is 18.1 Å².